The summed E-state index contributed by atoms with van der Waals surface area (Å²) in [6.45, 7) is 0.494. The Kier molecular flexibility index (Phi) is 3.77. The molecular weight excluding hydrogens is 271 g/mol. The first kappa shape index (κ1) is 13.5. The van der Waals surface area contributed by atoms with E-state index in [9.17, 15) is 9.18 Å². The summed E-state index contributed by atoms with van der Waals surface area (Å²) >= 11 is 0. The molecule has 3 rings (SSSR count). The predicted octanol–water partition coefficient (Wildman–Crippen LogP) is 2.12. The number of amides is 1. The number of carbonyl (C=O) groups is 1. The molecule has 2 aromatic rings. The Balaban J connectivity index is 1.56. The monoisotopic (exact) mass is 286 g/mol. The number of nitrogens with one attached hydrogen (secondary N) is 2. The molecule has 0 atom stereocenters. The quantitative estimate of drug-likeness (QED) is 0.883. The van der Waals surface area contributed by atoms with Gasteiger partial charge in [-0.1, -0.05) is 12.1 Å². The number of halogens is 1. The maximum absolute atomic E-state index is 12.8. The van der Waals surface area contributed by atoms with E-state index in [-0.39, 0.29) is 11.7 Å². The Morgan fingerprint density at radius 1 is 1.19 bits per heavy atom. The van der Waals surface area contributed by atoms with Gasteiger partial charge in [-0.15, -0.1) is 0 Å². The lowest BCUT2D eigenvalue weighted by Gasteiger charge is -2.06. The van der Waals surface area contributed by atoms with E-state index in [4.69, 9.17) is 0 Å². The molecule has 1 aliphatic rings. The lowest BCUT2D eigenvalue weighted by atomic mass is 10.2. The number of benzene rings is 1. The molecular formula is C15H15FN4O. The number of aromatic nitrogens is 2. The molecule has 1 aromatic heterocycles. The van der Waals surface area contributed by atoms with E-state index in [1.165, 1.54) is 24.5 Å². The molecule has 6 heteroatoms. The van der Waals surface area contributed by atoms with Crippen molar-refractivity contribution in [2.75, 3.05) is 5.32 Å². The standard InChI is InChI=1S/C15H15FN4O/c16-12-3-1-10(2-4-12)7-17-15-18-8-11(9-19-15)14(21)20-13-5-6-13/h1-4,8-9,13H,5-7H2,(H,20,21)(H,17,18,19). The number of carbonyl (C=O) groups excluding carboxylic acids is 1. The van der Waals surface area contributed by atoms with Crippen LogP contribution >= 0.6 is 0 Å². The Morgan fingerprint density at radius 3 is 2.48 bits per heavy atom. The zero-order valence-corrected chi connectivity index (χ0v) is 11.3. The van der Waals surface area contributed by atoms with E-state index in [0.29, 0.717) is 24.1 Å². The van der Waals surface area contributed by atoms with Crippen LogP contribution in [0.25, 0.3) is 0 Å². The highest BCUT2D eigenvalue weighted by atomic mass is 19.1. The molecule has 0 spiro atoms. The highest BCUT2D eigenvalue weighted by Crippen LogP contribution is 2.19. The first-order chi connectivity index (χ1) is 10.2. The van der Waals surface area contributed by atoms with Gasteiger partial charge in [-0.05, 0) is 30.5 Å². The molecule has 1 saturated carbocycles. The van der Waals surface area contributed by atoms with Crippen LogP contribution in [0.5, 0.6) is 0 Å². The fourth-order valence-corrected chi connectivity index (χ4v) is 1.82. The summed E-state index contributed by atoms with van der Waals surface area (Å²) in [5.74, 6) is 0.0332. The molecule has 1 heterocycles. The molecule has 21 heavy (non-hydrogen) atoms. The number of anilines is 1. The summed E-state index contributed by atoms with van der Waals surface area (Å²) in [4.78, 5) is 20.0. The normalized spacial score (nSPS) is 13.8. The van der Waals surface area contributed by atoms with Gasteiger partial charge in [-0.2, -0.15) is 0 Å². The van der Waals surface area contributed by atoms with E-state index in [0.717, 1.165) is 18.4 Å². The second kappa shape index (κ2) is 5.87. The van der Waals surface area contributed by atoms with Crippen LogP contribution in [0.4, 0.5) is 10.3 Å². The summed E-state index contributed by atoms with van der Waals surface area (Å²) in [6.07, 6.45) is 5.09. The van der Waals surface area contributed by atoms with E-state index >= 15 is 0 Å². The molecule has 108 valence electrons. The molecule has 0 aliphatic heterocycles. The Hall–Kier alpha value is -2.50. The first-order valence-electron chi connectivity index (χ1n) is 6.82. The van der Waals surface area contributed by atoms with Crippen molar-refractivity contribution in [1.82, 2.24) is 15.3 Å². The summed E-state index contributed by atoms with van der Waals surface area (Å²) in [7, 11) is 0. The van der Waals surface area contributed by atoms with Gasteiger partial charge in [0.2, 0.25) is 5.95 Å². The van der Waals surface area contributed by atoms with E-state index in [1.807, 2.05) is 0 Å². The van der Waals surface area contributed by atoms with Gasteiger partial charge in [0.05, 0.1) is 5.56 Å². The van der Waals surface area contributed by atoms with Gasteiger partial charge in [-0.25, -0.2) is 14.4 Å². The summed E-state index contributed by atoms with van der Waals surface area (Å²) in [5.41, 5.74) is 1.38. The minimum Gasteiger partial charge on any atom is -0.350 e. The van der Waals surface area contributed by atoms with Crippen molar-refractivity contribution in [3.8, 4) is 0 Å². The average Bonchev–Trinajstić information content (AvgIpc) is 3.31. The van der Waals surface area contributed by atoms with Crippen molar-refractivity contribution in [1.29, 1.82) is 0 Å². The van der Waals surface area contributed by atoms with Crippen LogP contribution in [0.1, 0.15) is 28.8 Å². The Morgan fingerprint density at radius 2 is 1.86 bits per heavy atom. The van der Waals surface area contributed by atoms with Crippen molar-refractivity contribution >= 4 is 11.9 Å². The number of hydrogen-bond donors (Lipinski definition) is 2. The van der Waals surface area contributed by atoms with Crippen LogP contribution in [0.2, 0.25) is 0 Å². The minimum atomic E-state index is -0.263. The van der Waals surface area contributed by atoms with Crippen molar-refractivity contribution < 1.29 is 9.18 Å². The van der Waals surface area contributed by atoms with E-state index in [1.54, 1.807) is 12.1 Å². The van der Waals surface area contributed by atoms with Crippen molar-refractivity contribution in [2.24, 2.45) is 0 Å². The van der Waals surface area contributed by atoms with Crippen LogP contribution in [-0.2, 0) is 6.54 Å². The average molecular weight is 286 g/mol. The highest BCUT2D eigenvalue weighted by molar-refractivity contribution is 5.94. The van der Waals surface area contributed by atoms with E-state index < -0.39 is 0 Å². The number of hydrogen-bond acceptors (Lipinski definition) is 4. The van der Waals surface area contributed by atoms with Crippen molar-refractivity contribution in [3.63, 3.8) is 0 Å². The van der Waals surface area contributed by atoms with Crippen molar-refractivity contribution in [2.45, 2.75) is 25.4 Å². The third-order valence-corrected chi connectivity index (χ3v) is 3.19. The lowest BCUT2D eigenvalue weighted by molar-refractivity contribution is 0.0950. The minimum absolute atomic E-state index is 0.136. The Bertz CT molecular complexity index is 623. The third kappa shape index (κ3) is 3.75. The molecule has 5 nitrogen and oxygen atoms in total. The first-order valence-corrected chi connectivity index (χ1v) is 6.82. The molecule has 1 amide bonds. The zero-order valence-electron chi connectivity index (χ0n) is 11.3. The van der Waals surface area contributed by atoms with Gasteiger partial charge < -0.3 is 10.6 Å². The Labute approximate surface area is 121 Å². The number of rotatable bonds is 5. The van der Waals surface area contributed by atoms with Gasteiger partial charge in [0.15, 0.2) is 0 Å². The summed E-state index contributed by atoms with van der Waals surface area (Å²) in [5, 5.41) is 5.90. The second-order valence-electron chi connectivity index (χ2n) is 5.02. The fourth-order valence-electron chi connectivity index (χ4n) is 1.82. The van der Waals surface area contributed by atoms with Gasteiger partial charge >= 0.3 is 0 Å². The molecule has 1 aliphatic carbocycles. The van der Waals surface area contributed by atoms with Gasteiger partial charge in [-0.3, -0.25) is 4.79 Å². The van der Waals surface area contributed by atoms with Crippen LogP contribution < -0.4 is 10.6 Å². The molecule has 1 fully saturated rings. The maximum atomic E-state index is 12.8. The van der Waals surface area contributed by atoms with Crippen LogP contribution in [0.15, 0.2) is 36.7 Å². The van der Waals surface area contributed by atoms with Crippen LogP contribution in [-0.4, -0.2) is 21.9 Å². The smallest absolute Gasteiger partial charge is 0.254 e. The molecule has 0 radical (unpaired) electrons. The van der Waals surface area contributed by atoms with E-state index in [2.05, 4.69) is 20.6 Å². The molecule has 2 N–H and O–H groups in total. The van der Waals surface area contributed by atoms with Crippen molar-refractivity contribution in [3.05, 3.63) is 53.6 Å². The maximum Gasteiger partial charge on any atom is 0.254 e. The fraction of sp³-hybridized carbons (Fsp3) is 0.267. The molecule has 1 aromatic carbocycles. The summed E-state index contributed by atoms with van der Waals surface area (Å²) < 4.78 is 12.8. The largest absolute Gasteiger partial charge is 0.350 e. The molecule has 0 unspecified atom stereocenters. The molecule has 0 bridgehead atoms. The SMILES string of the molecule is O=C(NC1CC1)c1cnc(NCc2ccc(F)cc2)nc1. The topological polar surface area (TPSA) is 66.9 Å². The van der Waals surface area contributed by atoms with Crippen LogP contribution in [0, 0.1) is 5.82 Å². The predicted molar refractivity (Wildman–Crippen MR) is 76.2 cm³/mol. The van der Waals surface area contributed by atoms with Gasteiger partial charge in [0.1, 0.15) is 5.82 Å². The second-order valence-corrected chi connectivity index (χ2v) is 5.02. The third-order valence-electron chi connectivity index (χ3n) is 3.19. The lowest BCUT2D eigenvalue weighted by Crippen LogP contribution is -2.25. The number of nitrogens with zero attached hydrogens (tertiary/aromatic N) is 2. The summed E-state index contributed by atoms with van der Waals surface area (Å²) in [6, 6.07) is 6.51. The molecule has 0 saturated heterocycles. The zero-order chi connectivity index (χ0) is 14.7. The van der Waals surface area contributed by atoms with Crippen LogP contribution in [0.3, 0.4) is 0 Å². The highest BCUT2D eigenvalue weighted by Gasteiger charge is 2.23. The van der Waals surface area contributed by atoms with Gasteiger partial charge in [0, 0.05) is 25.0 Å². The van der Waals surface area contributed by atoms with Gasteiger partial charge in [0.25, 0.3) is 5.91 Å².